The van der Waals surface area contributed by atoms with Crippen LogP contribution in [0.4, 0.5) is 8.78 Å². The Balaban J connectivity index is 2.02. The second-order valence-electron chi connectivity index (χ2n) is 5.00. The largest absolute Gasteiger partial charge is 0.361 e. The first-order valence-corrected chi connectivity index (χ1v) is 7.45. The number of benzene rings is 1. The van der Waals surface area contributed by atoms with Crippen molar-refractivity contribution < 1.29 is 8.78 Å². The van der Waals surface area contributed by atoms with Crippen LogP contribution >= 0.6 is 15.9 Å². The van der Waals surface area contributed by atoms with E-state index in [9.17, 15) is 8.78 Å². The molecule has 1 aliphatic rings. The fraction of sp³-hybridized carbons (Fsp3) is 0.429. The van der Waals surface area contributed by atoms with Gasteiger partial charge in [-0.25, -0.2) is 8.78 Å². The molecule has 3 rings (SSSR count). The van der Waals surface area contributed by atoms with Gasteiger partial charge in [0.25, 0.3) is 6.43 Å². The molecule has 0 radical (unpaired) electrons. The van der Waals surface area contributed by atoms with E-state index in [0.29, 0.717) is 18.7 Å². The highest BCUT2D eigenvalue weighted by molar-refractivity contribution is 9.10. The van der Waals surface area contributed by atoms with Crippen molar-refractivity contribution in [1.82, 2.24) is 15.2 Å². The van der Waals surface area contributed by atoms with E-state index in [1.54, 1.807) is 6.20 Å². The van der Waals surface area contributed by atoms with E-state index in [-0.39, 0.29) is 0 Å². The quantitative estimate of drug-likeness (QED) is 0.896. The van der Waals surface area contributed by atoms with Crippen LogP contribution < -0.4 is 5.32 Å². The lowest BCUT2D eigenvalue weighted by Gasteiger charge is -2.34. The maximum Gasteiger partial charge on any atom is 0.258 e. The van der Waals surface area contributed by atoms with Crippen molar-refractivity contribution in [3.05, 3.63) is 34.4 Å². The van der Waals surface area contributed by atoms with Gasteiger partial charge >= 0.3 is 0 Å². The predicted octanol–water partition coefficient (Wildman–Crippen LogP) is 3.14. The van der Waals surface area contributed by atoms with Crippen LogP contribution in [0.15, 0.2) is 28.9 Å². The summed E-state index contributed by atoms with van der Waals surface area (Å²) in [5.74, 6) is 0. The second-order valence-corrected chi connectivity index (χ2v) is 5.91. The third-order valence-corrected chi connectivity index (χ3v) is 4.27. The number of nitrogens with one attached hydrogen (secondary N) is 2. The van der Waals surface area contributed by atoms with Gasteiger partial charge in [-0.15, -0.1) is 0 Å². The van der Waals surface area contributed by atoms with Crippen molar-refractivity contribution >= 4 is 26.8 Å². The van der Waals surface area contributed by atoms with Crippen LogP contribution in [0.2, 0.25) is 0 Å². The number of alkyl halides is 2. The van der Waals surface area contributed by atoms with Gasteiger partial charge in [0.2, 0.25) is 0 Å². The van der Waals surface area contributed by atoms with Crippen molar-refractivity contribution in [2.75, 3.05) is 26.2 Å². The maximum atomic E-state index is 13.6. The molecule has 20 heavy (non-hydrogen) atoms. The Morgan fingerprint density at radius 2 is 1.95 bits per heavy atom. The molecule has 2 aromatic rings. The average molecular weight is 344 g/mol. The minimum Gasteiger partial charge on any atom is -0.361 e. The highest BCUT2D eigenvalue weighted by Crippen LogP contribution is 2.34. The van der Waals surface area contributed by atoms with E-state index in [2.05, 4.69) is 26.2 Å². The highest BCUT2D eigenvalue weighted by atomic mass is 79.9. The molecule has 1 saturated heterocycles. The molecule has 2 heterocycles. The van der Waals surface area contributed by atoms with Crippen LogP contribution in [-0.4, -0.2) is 42.5 Å². The van der Waals surface area contributed by atoms with E-state index >= 15 is 0 Å². The molecule has 6 heteroatoms. The van der Waals surface area contributed by atoms with Crippen molar-refractivity contribution in [3.8, 4) is 0 Å². The zero-order valence-corrected chi connectivity index (χ0v) is 12.5. The normalized spacial score (nSPS) is 18.8. The maximum absolute atomic E-state index is 13.6. The van der Waals surface area contributed by atoms with E-state index in [0.717, 1.165) is 28.5 Å². The summed E-state index contributed by atoms with van der Waals surface area (Å²) in [6.07, 6.45) is -0.679. The SMILES string of the molecule is FC(F)[C@H](c1c[nH]c2ccc(Br)cc12)N1CCNCC1. The van der Waals surface area contributed by atoms with E-state index in [1.165, 1.54) is 0 Å². The second kappa shape index (κ2) is 5.79. The van der Waals surface area contributed by atoms with Crippen LogP contribution in [-0.2, 0) is 0 Å². The van der Waals surface area contributed by atoms with Crippen molar-refractivity contribution in [1.29, 1.82) is 0 Å². The number of H-pyrrole nitrogens is 1. The average Bonchev–Trinajstić information content (AvgIpc) is 2.83. The zero-order valence-electron chi connectivity index (χ0n) is 10.9. The first-order chi connectivity index (χ1) is 9.66. The van der Waals surface area contributed by atoms with Gasteiger partial charge in [0.1, 0.15) is 0 Å². The number of halogens is 3. The van der Waals surface area contributed by atoms with Crippen molar-refractivity contribution in [2.45, 2.75) is 12.5 Å². The summed E-state index contributed by atoms with van der Waals surface area (Å²) < 4.78 is 28.1. The lowest BCUT2D eigenvalue weighted by atomic mass is 10.0. The molecule has 1 fully saturated rings. The monoisotopic (exact) mass is 343 g/mol. The van der Waals surface area contributed by atoms with E-state index < -0.39 is 12.5 Å². The summed E-state index contributed by atoms with van der Waals surface area (Å²) in [6, 6.07) is 4.87. The van der Waals surface area contributed by atoms with Gasteiger partial charge in [0.15, 0.2) is 0 Å². The molecule has 0 saturated carbocycles. The molecule has 0 aliphatic carbocycles. The lowest BCUT2D eigenvalue weighted by molar-refractivity contribution is 0.0189. The summed E-state index contributed by atoms with van der Waals surface area (Å²) in [4.78, 5) is 4.96. The smallest absolute Gasteiger partial charge is 0.258 e. The molecule has 0 unspecified atom stereocenters. The number of fused-ring (bicyclic) bond motifs is 1. The third kappa shape index (κ3) is 2.60. The topological polar surface area (TPSA) is 31.1 Å². The number of aromatic nitrogens is 1. The van der Waals surface area contributed by atoms with Gasteiger partial charge < -0.3 is 10.3 Å². The predicted molar refractivity (Wildman–Crippen MR) is 79.2 cm³/mol. The number of hydrogen-bond acceptors (Lipinski definition) is 2. The van der Waals surface area contributed by atoms with Gasteiger partial charge in [0.05, 0.1) is 6.04 Å². The van der Waals surface area contributed by atoms with Crippen molar-refractivity contribution in [2.24, 2.45) is 0 Å². The molecule has 0 bridgehead atoms. The van der Waals surface area contributed by atoms with Gasteiger partial charge in [-0.2, -0.15) is 0 Å². The fourth-order valence-corrected chi connectivity index (χ4v) is 3.17. The van der Waals surface area contributed by atoms with Crippen LogP contribution in [0.3, 0.4) is 0 Å². The summed E-state index contributed by atoms with van der Waals surface area (Å²) in [7, 11) is 0. The van der Waals surface area contributed by atoms with Crippen molar-refractivity contribution in [3.63, 3.8) is 0 Å². The number of aromatic amines is 1. The number of rotatable bonds is 3. The van der Waals surface area contributed by atoms with E-state index in [1.807, 2.05) is 23.1 Å². The molecule has 1 atom stereocenters. The minimum atomic E-state index is -2.40. The number of hydrogen-bond donors (Lipinski definition) is 2. The molecular formula is C14H16BrF2N3. The molecule has 1 aromatic carbocycles. The molecule has 2 N–H and O–H groups in total. The molecule has 0 amide bonds. The lowest BCUT2D eigenvalue weighted by Crippen LogP contribution is -2.46. The Morgan fingerprint density at radius 3 is 2.65 bits per heavy atom. The third-order valence-electron chi connectivity index (χ3n) is 3.78. The Bertz CT molecular complexity index is 593. The Hall–Kier alpha value is -0.980. The Morgan fingerprint density at radius 1 is 1.20 bits per heavy atom. The molecular weight excluding hydrogens is 328 g/mol. The zero-order chi connectivity index (χ0) is 14.1. The van der Waals surface area contributed by atoms with Gasteiger partial charge in [-0.05, 0) is 18.2 Å². The van der Waals surface area contributed by atoms with Crippen LogP contribution in [0.1, 0.15) is 11.6 Å². The minimum absolute atomic E-state index is 0.648. The number of piperazine rings is 1. The van der Waals surface area contributed by atoms with E-state index in [4.69, 9.17) is 0 Å². The molecule has 3 nitrogen and oxygen atoms in total. The highest BCUT2D eigenvalue weighted by Gasteiger charge is 2.31. The standard InChI is InChI=1S/C14H16BrF2N3/c15-9-1-2-12-10(7-9)11(8-19-12)13(14(16)17)20-5-3-18-4-6-20/h1-2,7-8,13-14,18-19H,3-6H2/t13-/m0/s1. The molecule has 108 valence electrons. The summed E-state index contributed by atoms with van der Waals surface area (Å²) in [5.41, 5.74) is 1.57. The molecule has 1 aliphatic heterocycles. The molecule has 0 spiro atoms. The Kier molecular flexibility index (Phi) is 4.05. The van der Waals surface area contributed by atoms with Gasteiger partial charge in [0, 0.05) is 53.3 Å². The first kappa shape index (κ1) is 14.0. The number of nitrogens with zero attached hydrogens (tertiary/aromatic N) is 1. The summed E-state index contributed by atoms with van der Waals surface area (Å²) in [6.45, 7) is 2.82. The van der Waals surface area contributed by atoms with Gasteiger partial charge in [-0.3, -0.25) is 4.90 Å². The summed E-state index contributed by atoms with van der Waals surface area (Å²) in [5, 5.41) is 4.06. The van der Waals surface area contributed by atoms with Crippen LogP contribution in [0.5, 0.6) is 0 Å². The van der Waals surface area contributed by atoms with Crippen LogP contribution in [0.25, 0.3) is 10.9 Å². The molecule has 1 aromatic heterocycles. The summed E-state index contributed by atoms with van der Waals surface area (Å²) >= 11 is 3.41. The first-order valence-electron chi connectivity index (χ1n) is 6.66. The van der Waals surface area contributed by atoms with Crippen LogP contribution in [0, 0.1) is 0 Å². The Labute approximate surface area is 124 Å². The van der Waals surface area contributed by atoms with Gasteiger partial charge in [-0.1, -0.05) is 15.9 Å². The fourth-order valence-electron chi connectivity index (χ4n) is 2.81.